The van der Waals surface area contributed by atoms with E-state index in [1.54, 1.807) is 11.3 Å². The fourth-order valence-electron chi connectivity index (χ4n) is 1.74. The van der Waals surface area contributed by atoms with Crippen LogP contribution in [0.2, 0.25) is 0 Å². The Morgan fingerprint density at radius 1 is 1.28 bits per heavy atom. The Morgan fingerprint density at radius 3 is 2.67 bits per heavy atom. The Bertz CT molecular complexity index is 522. The Morgan fingerprint density at radius 2 is 2.06 bits per heavy atom. The smallest absolute Gasteiger partial charge is 0.255 e. The summed E-state index contributed by atoms with van der Waals surface area (Å²) < 4.78 is 0. The third kappa shape index (κ3) is 2.94. The molecule has 94 valence electrons. The molecule has 0 unspecified atom stereocenters. The van der Waals surface area contributed by atoms with E-state index in [2.05, 4.69) is 12.6 Å². The maximum Gasteiger partial charge on any atom is 0.255 e. The Kier molecular flexibility index (Phi) is 4.44. The molecule has 0 fully saturated rings. The quantitative estimate of drug-likeness (QED) is 0.845. The number of carbonyl (C=O) groups is 1. The zero-order valence-corrected chi connectivity index (χ0v) is 11.9. The van der Waals surface area contributed by atoms with E-state index in [0.717, 1.165) is 4.90 Å². The van der Waals surface area contributed by atoms with Gasteiger partial charge in [0.2, 0.25) is 0 Å². The summed E-state index contributed by atoms with van der Waals surface area (Å²) in [7, 11) is 0. The molecule has 1 amide bonds. The molecule has 4 heteroatoms. The molecule has 0 aliphatic carbocycles. The topological polar surface area (TPSA) is 20.3 Å². The SMILES string of the molecule is CCN(Cc1cccs1)C(=O)c1ccccc1S. The van der Waals surface area contributed by atoms with E-state index in [4.69, 9.17) is 0 Å². The predicted octanol–water partition coefficient (Wildman–Crippen LogP) is 3.70. The molecular weight excluding hydrogens is 262 g/mol. The van der Waals surface area contributed by atoms with Gasteiger partial charge < -0.3 is 4.90 Å². The second kappa shape index (κ2) is 6.07. The maximum absolute atomic E-state index is 12.4. The first-order chi connectivity index (χ1) is 8.72. The van der Waals surface area contributed by atoms with Crippen molar-refractivity contribution in [3.05, 3.63) is 52.2 Å². The highest BCUT2D eigenvalue weighted by Crippen LogP contribution is 2.18. The van der Waals surface area contributed by atoms with Crippen LogP contribution in [-0.4, -0.2) is 17.4 Å². The molecule has 0 radical (unpaired) electrons. The van der Waals surface area contributed by atoms with Crippen LogP contribution in [0.1, 0.15) is 22.2 Å². The van der Waals surface area contributed by atoms with Crippen molar-refractivity contribution >= 4 is 29.9 Å². The summed E-state index contributed by atoms with van der Waals surface area (Å²) in [6.45, 7) is 3.35. The number of thiophene rings is 1. The lowest BCUT2D eigenvalue weighted by Crippen LogP contribution is -2.30. The number of hydrogen-bond acceptors (Lipinski definition) is 3. The molecule has 2 aromatic rings. The van der Waals surface area contributed by atoms with Gasteiger partial charge in [-0.1, -0.05) is 18.2 Å². The number of thiol groups is 1. The first-order valence-corrected chi connectivity index (χ1v) is 7.14. The number of carbonyl (C=O) groups excluding carboxylic acids is 1. The highest BCUT2D eigenvalue weighted by Gasteiger charge is 2.16. The molecule has 1 aromatic heterocycles. The molecule has 2 nitrogen and oxygen atoms in total. The van der Waals surface area contributed by atoms with Gasteiger partial charge in [0.25, 0.3) is 5.91 Å². The molecule has 0 saturated heterocycles. The summed E-state index contributed by atoms with van der Waals surface area (Å²) >= 11 is 6.01. The van der Waals surface area contributed by atoms with Gasteiger partial charge in [0.05, 0.1) is 12.1 Å². The van der Waals surface area contributed by atoms with Gasteiger partial charge in [-0.05, 0) is 30.5 Å². The van der Waals surface area contributed by atoms with Crippen molar-refractivity contribution in [3.63, 3.8) is 0 Å². The molecule has 0 saturated carbocycles. The number of nitrogens with zero attached hydrogens (tertiary/aromatic N) is 1. The molecule has 0 spiro atoms. The van der Waals surface area contributed by atoms with Crippen LogP contribution >= 0.6 is 24.0 Å². The van der Waals surface area contributed by atoms with Gasteiger partial charge in [0, 0.05) is 16.3 Å². The second-order valence-electron chi connectivity index (χ2n) is 3.92. The van der Waals surface area contributed by atoms with Gasteiger partial charge in [-0.2, -0.15) is 0 Å². The van der Waals surface area contributed by atoms with E-state index in [1.165, 1.54) is 4.88 Å². The van der Waals surface area contributed by atoms with Gasteiger partial charge >= 0.3 is 0 Å². The number of amides is 1. The molecule has 0 bridgehead atoms. The number of benzene rings is 1. The van der Waals surface area contributed by atoms with Gasteiger partial charge in [0.15, 0.2) is 0 Å². The normalized spacial score (nSPS) is 10.3. The number of hydrogen-bond donors (Lipinski definition) is 1. The highest BCUT2D eigenvalue weighted by molar-refractivity contribution is 7.80. The highest BCUT2D eigenvalue weighted by atomic mass is 32.1. The Labute approximate surface area is 117 Å². The van der Waals surface area contributed by atoms with E-state index in [9.17, 15) is 4.79 Å². The van der Waals surface area contributed by atoms with E-state index in [0.29, 0.717) is 18.7 Å². The van der Waals surface area contributed by atoms with Gasteiger partial charge in [-0.25, -0.2) is 0 Å². The lowest BCUT2D eigenvalue weighted by atomic mass is 10.2. The van der Waals surface area contributed by atoms with Crippen molar-refractivity contribution in [1.82, 2.24) is 4.90 Å². The van der Waals surface area contributed by atoms with E-state index in [-0.39, 0.29) is 5.91 Å². The van der Waals surface area contributed by atoms with E-state index >= 15 is 0 Å². The molecule has 1 heterocycles. The van der Waals surface area contributed by atoms with Gasteiger partial charge in [-0.3, -0.25) is 4.79 Å². The van der Waals surface area contributed by atoms with Gasteiger partial charge in [0.1, 0.15) is 0 Å². The second-order valence-corrected chi connectivity index (χ2v) is 5.43. The summed E-state index contributed by atoms with van der Waals surface area (Å²) in [4.78, 5) is 16.2. The van der Waals surface area contributed by atoms with Crippen molar-refractivity contribution in [2.75, 3.05) is 6.54 Å². The molecule has 2 rings (SSSR count). The van der Waals surface area contributed by atoms with Crippen LogP contribution in [0.15, 0.2) is 46.7 Å². The van der Waals surface area contributed by atoms with Crippen molar-refractivity contribution in [1.29, 1.82) is 0 Å². The van der Waals surface area contributed by atoms with Crippen molar-refractivity contribution in [2.24, 2.45) is 0 Å². The van der Waals surface area contributed by atoms with Crippen LogP contribution in [0.4, 0.5) is 0 Å². The minimum atomic E-state index is 0.0384. The van der Waals surface area contributed by atoms with Gasteiger partial charge in [-0.15, -0.1) is 24.0 Å². The average Bonchev–Trinajstić information content (AvgIpc) is 2.88. The fourth-order valence-corrected chi connectivity index (χ4v) is 2.72. The van der Waals surface area contributed by atoms with Crippen LogP contribution < -0.4 is 0 Å². The summed E-state index contributed by atoms with van der Waals surface area (Å²) in [6, 6.07) is 11.5. The van der Waals surface area contributed by atoms with Crippen molar-refractivity contribution in [3.8, 4) is 0 Å². The molecule has 0 atom stereocenters. The third-order valence-electron chi connectivity index (χ3n) is 2.73. The molecule has 0 N–H and O–H groups in total. The lowest BCUT2D eigenvalue weighted by Gasteiger charge is -2.20. The molecule has 1 aromatic carbocycles. The van der Waals surface area contributed by atoms with Crippen LogP contribution in [0.5, 0.6) is 0 Å². The lowest BCUT2D eigenvalue weighted by molar-refractivity contribution is 0.0751. The van der Waals surface area contributed by atoms with E-state index in [1.807, 2.05) is 53.6 Å². The van der Waals surface area contributed by atoms with Crippen LogP contribution in [0.3, 0.4) is 0 Å². The van der Waals surface area contributed by atoms with Crippen LogP contribution in [0, 0.1) is 0 Å². The average molecular weight is 277 g/mol. The van der Waals surface area contributed by atoms with Crippen molar-refractivity contribution in [2.45, 2.75) is 18.4 Å². The Hall–Kier alpha value is -1.26. The summed E-state index contributed by atoms with van der Waals surface area (Å²) in [6.07, 6.45) is 0. The summed E-state index contributed by atoms with van der Waals surface area (Å²) in [5.74, 6) is 0.0384. The molecular formula is C14H15NOS2. The fraction of sp³-hybridized carbons (Fsp3) is 0.214. The predicted molar refractivity (Wildman–Crippen MR) is 78.4 cm³/mol. The standard InChI is InChI=1S/C14H15NOS2/c1-2-15(10-11-6-5-9-18-11)14(16)12-7-3-4-8-13(12)17/h3-9,17H,2,10H2,1H3. The first-order valence-electron chi connectivity index (χ1n) is 5.82. The van der Waals surface area contributed by atoms with Crippen molar-refractivity contribution < 1.29 is 4.79 Å². The zero-order chi connectivity index (χ0) is 13.0. The maximum atomic E-state index is 12.4. The number of rotatable bonds is 4. The minimum absolute atomic E-state index is 0.0384. The molecule has 18 heavy (non-hydrogen) atoms. The first kappa shape index (κ1) is 13.2. The summed E-state index contributed by atoms with van der Waals surface area (Å²) in [5.41, 5.74) is 0.666. The monoisotopic (exact) mass is 277 g/mol. The molecule has 0 aliphatic heterocycles. The third-order valence-corrected chi connectivity index (χ3v) is 3.98. The molecule has 0 aliphatic rings. The van der Waals surface area contributed by atoms with Crippen LogP contribution in [0.25, 0.3) is 0 Å². The van der Waals surface area contributed by atoms with E-state index < -0.39 is 0 Å². The van der Waals surface area contributed by atoms with Crippen LogP contribution in [-0.2, 0) is 6.54 Å². The Balaban J connectivity index is 2.18. The zero-order valence-electron chi connectivity index (χ0n) is 10.2. The summed E-state index contributed by atoms with van der Waals surface area (Å²) in [5, 5.41) is 2.03. The largest absolute Gasteiger partial charge is 0.334 e. The minimum Gasteiger partial charge on any atom is -0.334 e.